The number of rotatable bonds is 5. The molecule has 1 aromatic carbocycles. The van der Waals surface area contributed by atoms with Crippen LogP contribution in [0.25, 0.3) is 10.7 Å². The molecule has 1 saturated heterocycles. The van der Waals surface area contributed by atoms with Gasteiger partial charge in [-0.2, -0.15) is 5.10 Å². The number of carbonyl (C=O) groups excluding carboxylic acids is 1. The van der Waals surface area contributed by atoms with Crippen molar-refractivity contribution < 1.29 is 9.53 Å². The zero-order valence-electron chi connectivity index (χ0n) is 17.4. The molecule has 3 heterocycles. The van der Waals surface area contributed by atoms with E-state index in [-0.39, 0.29) is 12.0 Å². The van der Waals surface area contributed by atoms with E-state index < -0.39 is 6.04 Å². The van der Waals surface area contributed by atoms with Crippen LogP contribution in [-0.4, -0.2) is 44.8 Å². The topological polar surface area (TPSA) is 63.1 Å². The quantitative estimate of drug-likeness (QED) is 0.570. The number of thiophene rings is 1. The Hall–Kier alpha value is -2.45. The van der Waals surface area contributed by atoms with Crippen LogP contribution < -0.4 is 4.74 Å². The summed E-state index contributed by atoms with van der Waals surface area (Å²) in [4.78, 5) is 16.1. The second-order valence-corrected chi connectivity index (χ2v) is 9.10. The number of amides is 1. The minimum Gasteiger partial charge on any atom is -0.490 e. The Morgan fingerprint density at radius 2 is 2.03 bits per heavy atom. The van der Waals surface area contributed by atoms with Gasteiger partial charge in [-0.1, -0.05) is 12.1 Å². The molecule has 1 aliphatic rings. The average molecular weight is 443 g/mol. The van der Waals surface area contributed by atoms with E-state index in [1.165, 1.54) is 11.1 Å². The van der Waals surface area contributed by atoms with Crippen molar-refractivity contribution in [3.63, 3.8) is 0 Å². The summed E-state index contributed by atoms with van der Waals surface area (Å²) in [5.74, 6) is 1.68. The molecule has 0 radical (unpaired) electrons. The fourth-order valence-electron chi connectivity index (χ4n) is 3.79. The second-order valence-electron chi connectivity index (χ2n) is 7.76. The van der Waals surface area contributed by atoms with Gasteiger partial charge in [0, 0.05) is 25.9 Å². The van der Waals surface area contributed by atoms with Gasteiger partial charge in [0.1, 0.15) is 17.9 Å². The molecular formula is C22H26N4O2S2. The van der Waals surface area contributed by atoms with E-state index in [0.29, 0.717) is 23.7 Å². The molecule has 0 spiro atoms. The van der Waals surface area contributed by atoms with E-state index in [1.54, 1.807) is 11.3 Å². The first-order valence-electron chi connectivity index (χ1n) is 10.2. The Labute approximate surface area is 185 Å². The van der Waals surface area contributed by atoms with Crippen molar-refractivity contribution in [1.82, 2.24) is 19.7 Å². The van der Waals surface area contributed by atoms with Gasteiger partial charge in [0.05, 0.1) is 4.88 Å². The Morgan fingerprint density at radius 1 is 1.27 bits per heavy atom. The van der Waals surface area contributed by atoms with Crippen LogP contribution in [0.3, 0.4) is 0 Å². The summed E-state index contributed by atoms with van der Waals surface area (Å²) in [6.45, 7) is 7.44. The number of carbonyl (C=O) groups is 1. The predicted molar refractivity (Wildman–Crippen MR) is 122 cm³/mol. The lowest BCUT2D eigenvalue weighted by atomic mass is 10.1. The number of nitrogens with one attached hydrogen (secondary N) is 1. The molecule has 0 saturated carbocycles. The number of hydrogen-bond acceptors (Lipinski definition) is 5. The summed E-state index contributed by atoms with van der Waals surface area (Å²) in [6.07, 6.45) is 1.77. The fourth-order valence-corrected chi connectivity index (χ4v) is 4.79. The van der Waals surface area contributed by atoms with Crippen LogP contribution >= 0.6 is 23.6 Å². The van der Waals surface area contributed by atoms with E-state index in [0.717, 1.165) is 23.5 Å². The van der Waals surface area contributed by atoms with Crippen molar-refractivity contribution in [2.24, 2.45) is 0 Å². The molecule has 2 aromatic heterocycles. The van der Waals surface area contributed by atoms with Gasteiger partial charge in [-0.3, -0.25) is 14.5 Å². The zero-order valence-corrected chi connectivity index (χ0v) is 19.1. The van der Waals surface area contributed by atoms with Gasteiger partial charge >= 0.3 is 0 Å². The lowest BCUT2D eigenvalue weighted by Crippen LogP contribution is -2.44. The summed E-state index contributed by atoms with van der Waals surface area (Å²) in [6, 6.07) is 9.74. The van der Waals surface area contributed by atoms with E-state index in [9.17, 15) is 4.79 Å². The Balaban J connectivity index is 1.40. The standard InChI is InChI=1S/C22H26N4O2S2/c1-14-6-7-18(13-15(14)2)28-17-8-10-25(11-9-17)21(27)16(3)26-20(23-24-22(26)29)19-5-4-12-30-19/h4-7,12-13,16-17H,8-11H2,1-3H3,(H,24,29). The molecule has 1 fully saturated rings. The van der Waals surface area contributed by atoms with Crippen molar-refractivity contribution >= 4 is 29.5 Å². The van der Waals surface area contributed by atoms with Gasteiger partial charge < -0.3 is 9.64 Å². The highest BCUT2D eigenvalue weighted by Gasteiger charge is 2.29. The zero-order chi connectivity index (χ0) is 21.3. The minimum absolute atomic E-state index is 0.0648. The summed E-state index contributed by atoms with van der Waals surface area (Å²) >= 11 is 6.99. The highest BCUT2D eigenvalue weighted by molar-refractivity contribution is 7.71. The van der Waals surface area contributed by atoms with E-state index in [4.69, 9.17) is 17.0 Å². The van der Waals surface area contributed by atoms with Gasteiger partial charge in [0.2, 0.25) is 5.91 Å². The maximum Gasteiger partial charge on any atom is 0.245 e. The van der Waals surface area contributed by atoms with Crippen LogP contribution in [0.2, 0.25) is 0 Å². The van der Waals surface area contributed by atoms with Gasteiger partial charge in [-0.05, 0) is 67.7 Å². The Morgan fingerprint density at radius 3 is 2.70 bits per heavy atom. The number of likely N-dealkylation sites (tertiary alicyclic amines) is 1. The fraction of sp³-hybridized carbons (Fsp3) is 0.409. The van der Waals surface area contributed by atoms with Crippen LogP contribution in [0.5, 0.6) is 5.75 Å². The molecule has 1 atom stereocenters. The minimum atomic E-state index is -0.412. The predicted octanol–water partition coefficient (Wildman–Crippen LogP) is 4.92. The van der Waals surface area contributed by atoms with Crippen LogP contribution in [0, 0.1) is 18.6 Å². The number of aromatic amines is 1. The summed E-state index contributed by atoms with van der Waals surface area (Å²) < 4.78 is 8.45. The van der Waals surface area contributed by atoms with Crippen molar-refractivity contribution in [2.45, 2.75) is 45.8 Å². The first kappa shape index (κ1) is 20.8. The van der Waals surface area contributed by atoms with Crippen molar-refractivity contribution in [1.29, 1.82) is 0 Å². The van der Waals surface area contributed by atoms with Crippen LogP contribution in [-0.2, 0) is 4.79 Å². The molecule has 0 aliphatic carbocycles. The van der Waals surface area contributed by atoms with E-state index in [1.807, 2.05) is 40.0 Å². The third-order valence-corrected chi connectivity index (χ3v) is 6.88. The number of ether oxygens (including phenoxy) is 1. The lowest BCUT2D eigenvalue weighted by Gasteiger charge is -2.34. The molecule has 8 heteroatoms. The van der Waals surface area contributed by atoms with Gasteiger partial charge in [-0.15, -0.1) is 11.3 Å². The molecule has 1 aliphatic heterocycles. The Kier molecular flexibility index (Phi) is 6.06. The number of nitrogens with zero attached hydrogens (tertiary/aromatic N) is 3. The van der Waals surface area contributed by atoms with Crippen molar-refractivity contribution in [3.8, 4) is 16.5 Å². The summed E-state index contributed by atoms with van der Waals surface area (Å²) in [7, 11) is 0. The van der Waals surface area contributed by atoms with Crippen LogP contribution in [0.1, 0.15) is 36.9 Å². The first-order valence-corrected chi connectivity index (χ1v) is 11.5. The van der Waals surface area contributed by atoms with Gasteiger partial charge in [0.15, 0.2) is 10.6 Å². The van der Waals surface area contributed by atoms with E-state index >= 15 is 0 Å². The highest BCUT2D eigenvalue weighted by atomic mass is 32.1. The van der Waals surface area contributed by atoms with Gasteiger partial charge in [0.25, 0.3) is 0 Å². The molecule has 158 valence electrons. The number of piperidine rings is 1. The van der Waals surface area contributed by atoms with Gasteiger partial charge in [-0.25, -0.2) is 0 Å². The molecule has 30 heavy (non-hydrogen) atoms. The molecular weight excluding hydrogens is 416 g/mol. The van der Waals surface area contributed by atoms with Crippen molar-refractivity contribution in [3.05, 3.63) is 51.6 Å². The maximum atomic E-state index is 13.2. The summed E-state index contributed by atoms with van der Waals surface area (Å²) in [5, 5.41) is 9.17. The van der Waals surface area contributed by atoms with E-state index in [2.05, 4.69) is 36.2 Å². The molecule has 0 bridgehead atoms. The average Bonchev–Trinajstić information content (AvgIpc) is 3.40. The normalized spacial score (nSPS) is 15.9. The molecule has 4 rings (SSSR count). The van der Waals surface area contributed by atoms with Crippen LogP contribution in [0.15, 0.2) is 35.7 Å². The second kappa shape index (κ2) is 8.73. The first-order chi connectivity index (χ1) is 14.4. The Bertz CT molecular complexity index is 1080. The monoisotopic (exact) mass is 442 g/mol. The van der Waals surface area contributed by atoms with Crippen molar-refractivity contribution in [2.75, 3.05) is 13.1 Å². The number of hydrogen-bond donors (Lipinski definition) is 1. The lowest BCUT2D eigenvalue weighted by molar-refractivity contribution is -0.136. The largest absolute Gasteiger partial charge is 0.490 e. The molecule has 1 N–H and O–H groups in total. The smallest absolute Gasteiger partial charge is 0.245 e. The third kappa shape index (κ3) is 4.20. The molecule has 3 aromatic rings. The highest BCUT2D eigenvalue weighted by Crippen LogP contribution is 2.27. The number of H-pyrrole nitrogens is 1. The molecule has 1 amide bonds. The number of aromatic nitrogens is 3. The maximum absolute atomic E-state index is 13.2. The molecule has 1 unspecified atom stereocenters. The SMILES string of the molecule is Cc1ccc(OC2CCN(C(=O)C(C)n3c(-c4cccs4)n[nH]c3=S)CC2)cc1C. The number of benzene rings is 1. The third-order valence-electron chi connectivity index (χ3n) is 5.73. The number of aryl methyl sites for hydroxylation is 2. The van der Waals surface area contributed by atoms with Crippen LogP contribution in [0.4, 0.5) is 0 Å². The summed E-state index contributed by atoms with van der Waals surface area (Å²) in [5.41, 5.74) is 2.49. The molecule has 6 nitrogen and oxygen atoms in total.